The fraction of sp³-hybridized carbons (Fsp3) is 0.682. The Kier molecular flexibility index (Phi) is 13.1. The number of ether oxygens (including phenoxy) is 1. The minimum atomic E-state index is -0.923. The average Bonchev–Trinajstić information content (AvgIpc) is 2.63. The molecule has 1 N–H and O–H groups in total. The molecular formula is C22H35ClO3. The highest BCUT2D eigenvalue weighted by atomic mass is 35.5. The SMILES string of the molecule is CCCCCCCCCCCCCCC(Oc1ccccc1Cl)C(=O)O. The Morgan fingerprint density at radius 2 is 1.42 bits per heavy atom. The minimum Gasteiger partial charge on any atom is -0.479 e. The number of hydrogen-bond acceptors (Lipinski definition) is 2. The van der Waals surface area contributed by atoms with Crippen molar-refractivity contribution in [2.75, 3.05) is 0 Å². The Hall–Kier alpha value is -1.22. The van der Waals surface area contributed by atoms with Crippen molar-refractivity contribution in [2.45, 2.75) is 96.5 Å². The maximum absolute atomic E-state index is 11.4. The predicted octanol–water partition coefficient (Wildman–Crippen LogP) is 7.26. The van der Waals surface area contributed by atoms with E-state index < -0.39 is 12.1 Å². The molecule has 0 spiro atoms. The standard InChI is InChI=1S/C22H35ClO3/c1-2-3-4-5-6-7-8-9-10-11-12-13-18-21(22(24)25)26-20-17-15-14-16-19(20)23/h14-17,21H,2-13,18H2,1H3,(H,24,25). The second kappa shape index (κ2) is 14.9. The van der Waals surface area contributed by atoms with Crippen molar-refractivity contribution < 1.29 is 14.6 Å². The molecule has 1 aromatic rings. The van der Waals surface area contributed by atoms with Crippen LogP contribution in [0.15, 0.2) is 24.3 Å². The van der Waals surface area contributed by atoms with Crippen LogP contribution in [0.4, 0.5) is 0 Å². The van der Waals surface area contributed by atoms with Gasteiger partial charge in [0.25, 0.3) is 0 Å². The molecule has 0 bridgehead atoms. The zero-order valence-corrected chi connectivity index (χ0v) is 17.0. The largest absolute Gasteiger partial charge is 0.479 e. The van der Waals surface area contributed by atoms with Gasteiger partial charge in [-0.25, -0.2) is 4.79 Å². The first-order valence-corrected chi connectivity index (χ1v) is 10.7. The summed E-state index contributed by atoms with van der Waals surface area (Å²) in [6.45, 7) is 2.25. The molecule has 0 heterocycles. The lowest BCUT2D eigenvalue weighted by molar-refractivity contribution is -0.145. The molecule has 1 atom stereocenters. The highest BCUT2D eigenvalue weighted by molar-refractivity contribution is 6.32. The first kappa shape index (κ1) is 22.8. The minimum absolute atomic E-state index is 0.445. The fourth-order valence-electron chi connectivity index (χ4n) is 3.10. The second-order valence-corrected chi connectivity index (χ2v) is 7.46. The number of aliphatic carboxylic acids is 1. The number of para-hydroxylation sites is 1. The highest BCUT2D eigenvalue weighted by Crippen LogP contribution is 2.25. The molecule has 1 rings (SSSR count). The third kappa shape index (κ3) is 10.7. The van der Waals surface area contributed by atoms with Gasteiger partial charge in [-0.05, 0) is 25.0 Å². The monoisotopic (exact) mass is 382 g/mol. The van der Waals surface area contributed by atoms with Crippen molar-refractivity contribution in [1.29, 1.82) is 0 Å². The molecular weight excluding hydrogens is 348 g/mol. The van der Waals surface area contributed by atoms with Gasteiger partial charge in [0.2, 0.25) is 0 Å². The van der Waals surface area contributed by atoms with Crippen LogP contribution in [0.5, 0.6) is 5.75 Å². The van der Waals surface area contributed by atoms with Crippen molar-refractivity contribution >= 4 is 17.6 Å². The molecule has 0 aliphatic rings. The molecule has 3 nitrogen and oxygen atoms in total. The van der Waals surface area contributed by atoms with E-state index in [1.165, 1.54) is 64.2 Å². The molecule has 0 radical (unpaired) electrons. The van der Waals surface area contributed by atoms with Crippen LogP contribution < -0.4 is 4.74 Å². The van der Waals surface area contributed by atoms with Gasteiger partial charge in [-0.1, -0.05) is 101 Å². The van der Waals surface area contributed by atoms with Crippen molar-refractivity contribution in [3.05, 3.63) is 29.3 Å². The summed E-state index contributed by atoms with van der Waals surface area (Å²) in [5, 5.41) is 9.79. The van der Waals surface area contributed by atoms with E-state index in [9.17, 15) is 9.90 Å². The van der Waals surface area contributed by atoms with Gasteiger partial charge in [-0.3, -0.25) is 0 Å². The molecule has 0 saturated carbocycles. The molecule has 1 unspecified atom stereocenters. The first-order valence-electron chi connectivity index (χ1n) is 10.3. The maximum atomic E-state index is 11.4. The highest BCUT2D eigenvalue weighted by Gasteiger charge is 2.19. The van der Waals surface area contributed by atoms with E-state index in [0.717, 1.165) is 12.8 Å². The normalized spacial score (nSPS) is 12.1. The summed E-state index contributed by atoms with van der Waals surface area (Å²) in [5.41, 5.74) is 0. The smallest absolute Gasteiger partial charge is 0.344 e. The van der Waals surface area contributed by atoms with Gasteiger partial charge in [-0.2, -0.15) is 0 Å². The maximum Gasteiger partial charge on any atom is 0.344 e. The van der Waals surface area contributed by atoms with E-state index in [0.29, 0.717) is 17.2 Å². The number of unbranched alkanes of at least 4 members (excludes halogenated alkanes) is 11. The van der Waals surface area contributed by atoms with Crippen LogP contribution in [-0.2, 0) is 4.79 Å². The van der Waals surface area contributed by atoms with Gasteiger partial charge in [0, 0.05) is 0 Å². The van der Waals surface area contributed by atoms with Crippen molar-refractivity contribution in [2.24, 2.45) is 0 Å². The molecule has 0 amide bonds. The van der Waals surface area contributed by atoms with Gasteiger partial charge >= 0.3 is 5.97 Å². The molecule has 148 valence electrons. The second-order valence-electron chi connectivity index (χ2n) is 7.05. The quantitative estimate of drug-likeness (QED) is 0.306. The Balaban J connectivity index is 2.06. The van der Waals surface area contributed by atoms with Gasteiger partial charge in [0.05, 0.1) is 5.02 Å². The Labute approximate surface area is 164 Å². The number of carboxylic acids is 1. The summed E-state index contributed by atoms with van der Waals surface area (Å²) in [7, 11) is 0. The third-order valence-electron chi connectivity index (χ3n) is 4.70. The third-order valence-corrected chi connectivity index (χ3v) is 5.01. The van der Waals surface area contributed by atoms with Gasteiger partial charge in [-0.15, -0.1) is 0 Å². The van der Waals surface area contributed by atoms with Crippen LogP contribution in [0.1, 0.15) is 90.4 Å². The van der Waals surface area contributed by atoms with Crippen LogP contribution >= 0.6 is 11.6 Å². The van der Waals surface area contributed by atoms with Crippen LogP contribution in [-0.4, -0.2) is 17.2 Å². The van der Waals surface area contributed by atoms with E-state index in [1.807, 2.05) is 0 Å². The molecule has 0 fully saturated rings. The topological polar surface area (TPSA) is 46.5 Å². The molecule has 0 aliphatic heterocycles. The van der Waals surface area contributed by atoms with Crippen LogP contribution in [0.2, 0.25) is 5.02 Å². The van der Waals surface area contributed by atoms with E-state index in [-0.39, 0.29) is 0 Å². The summed E-state index contributed by atoms with van der Waals surface area (Å²) in [4.78, 5) is 11.4. The van der Waals surface area contributed by atoms with Crippen LogP contribution in [0.3, 0.4) is 0 Å². The number of halogens is 1. The van der Waals surface area contributed by atoms with Gasteiger partial charge in [0.15, 0.2) is 6.10 Å². The van der Waals surface area contributed by atoms with E-state index in [1.54, 1.807) is 24.3 Å². The summed E-state index contributed by atoms with van der Waals surface area (Å²) >= 11 is 6.03. The lowest BCUT2D eigenvalue weighted by atomic mass is 10.0. The van der Waals surface area contributed by atoms with Crippen molar-refractivity contribution in [3.63, 3.8) is 0 Å². The molecule has 4 heteroatoms. The van der Waals surface area contributed by atoms with Crippen LogP contribution in [0.25, 0.3) is 0 Å². The van der Waals surface area contributed by atoms with E-state index >= 15 is 0 Å². The Bertz CT molecular complexity index is 490. The van der Waals surface area contributed by atoms with Crippen molar-refractivity contribution in [3.8, 4) is 5.75 Å². The van der Waals surface area contributed by atoms with E-state index in [4.69, 9.17) is 16.3 Å². The summed E-state index contributed by atoms with van der Waals surface area (Å²) in [6, 6.07) is 7.01. The summed E-state index contributed by atoms with van der Waals surface area (Å²) < 4.78 is 5.58. The average molecular weight is 383 g/mol. The Morgan fingerprint density at radius 1 is 0.923 bits per heavy atom. The first-order chi connectivity index (χ1) is 12.6. The number of carboxylic acid groups (broad SMARTS) is 1. The molecule has 1 aromatic carbocycles. The number of rotatable bonds is 16. The lowest BCUT2D eigenvalue weighted by Gasteiger charge is -2.16. The van der Waals surface area contributed by atoms with Gasteiger partial charge < -0.3 is 9.84 Å². The molecule has 26 heavy (non-hydrogen) atoms. The number of carbonyl (C=O) groups is 1. The number of benzene rings is 1. The van der Waals surface area contributed by atoms with Gasteiger partial charge in [0.1, 0.15) is 5.75 Å². The van der Waals surface area contributed by atoms with E-state index in [2.05, 4.69) is 6.92 Å². The van der Waals surface area contributed by atoms with Crippen LogP contribution in [0, 0.1) is 0 Å². The lowest BCUT2D eigenvalue weighted by Crippen LogP contribution is -2.27. The zero-order chi connectivity index (χ0) is 19.0. The zero-order valence-electron chi connectivity index (χ0n) is 16.2. The van der Waals surface area contributed by atoms with Crippen molar-refractivity contribution in [1.82, 2.24) is 0 Å². The molecule has 0 aliphatic carbocycles. The summed E-state index contributed by atoms with van der Waals surface area (Å²) in [6.07, 6.45) is 14.9. The Morgan fingerprint density at radius 3 is 1.92 bits per heavy atom. The predicted molar refractivity (Wildman–Crippen MR) is 109 cm³/mol. The summed E-state index contributed by atoms with van der Waals surface area (Å²) in [5.74, 6) is -0.478. The number of hydrogen-bond donors (Lipinski definition) is 1. The molecule has 0 aromatic heterocycles. The fourth-order valence-corrected chi connectivity index (χ4v) is 3.28. The molecule has 0 saturated heterocycles.